The lowest BCUT2D eigenvalue weighted by molar-refractivity contribution is 0.0526. The Labute approximate surface area is 107 Å². The number of primary amides is 1. The molecule has 1 atom stereocenters. The molecule has 0 aromatic carbocycles. The van der Waals surface area contributed by atoms with Gasteiger partial charge in [0.15, 0.2) is 0 Å². The van der Waals surface area contributed by atoms with E-state index in [9.17, 15) is 4.79 Å². The van der Waals surface area contributed by atoms with Crippen molar-refractivity contribution in [2.24, 2.45) is 5.73 Å². The van der Waals surface area contributed by atoms with Crippen LogP contribution in [0.2, 0.25) is 0 Å². The van der Waals surface area contributed by atoms with Crippen LogP contribution in [0.4, 0.5) is 5.69 Å². The van der Waals surface area contributed by atoms with E-state index in [1.54, 1.807) is 12.3 Å². The molecule has 0 radical (unpaired) electrons. The van der Waals surface area contributed by atoms with Crippen LogP contribution in [0.5, 0.6) is 0 Å². The van der Waals surface area contributed by atoms with E-state index < -0.39 is 5.91 Å². The molecule has 0 aliphatic carbocycles. The molecule has 1 saturated heterocycles. The lowest BCUT2D eigenvalue weighted by Crippen LogP contribution is -2.39. The highest BCUT2D eigenvalue weighted by Crippen LogP contribution is 2.21. The summed E-state index contributed by atoms with van der Waals surface area (Å²) in [6, 6.07) is 3.65. The minimum atomic E-state index is -0.491. The number of aromatic nitrogens is 1. The van der Waals surface area contributed by atoms with Crippen molar-refractivity contribution in [3.05, 3.63) is 24.0 Å². The smallest absolute Gasteiger partial charge is 0.267 e. The van der Waals surface area contributed by atoms with Gasteiger partial charge in [-0.05, 0) is 31.9 Å². The normalized spacial score (nSPS) is 19.8. The average molecular weight is 249 g/mol. The fourth-order valence-corrected chi connectivity index (χ4v) is 2.30. The molecule has 2 heterocycles. The van der Waals surface area contributed by atoms with Crippen LogP contribution in [0.25, 0.3) is 0 Å². The number of hydrogen-bond donors (Lipinski definition) is 1. The van der Waals surface area contributed by atoms with Crippen molar-refractivity contribution in [2.75, 3.05) is 24.6 Å². The predicted octanol–water partition coefficient (Wildman–Crippen LogP) is 1.19. The highest BCUT2D eigenvalue weighted by Gasteiger charge is 2.20. The summed E-state index contributed by atoms with van der Waals surface area (Å²) in [7, 11) is 0. The van der Waals surface area contributed by atoms with Gasteiger partial charge in [-0.15, -0.1) is 0 Å². The zero-order valence-electron chi connectivity index (χ0n) is 10.6. The lowest BCUT2D eigenvalue weighted by Gasteiger charge is -2.34. The van der Waals surface area contributed by atoms with Crippen molar-refractivity contribution < 1.29 is 9.53 Å². The molecule has 1 unspecified atom stereocenters. The van der Waals surface area contributed by atoms with Gasteiger partial charge in [0, 0.05) is 31.6 Å². The Morgan fingerprint density at radius 2 is 2.50 bits per heavy atom. The summed E-state index contributed by atoms with van der Waals surface area (Å²) in [6.45, 7) is 4.58. The first-order chi connectivity index (χ1) is 8.70. The van der Waals surface area contributed by atoms with E-state index in [4.69, 9.17) is 10.5 Å². The Hall–Kier alpha value is -1.62. The second-order valence-electron chi connectivity index (χ2n) is 4.43. The molecule has 0 bridgehead atoms. The van der Waals surface area contributed by atoms with E-state index in [0.717, 1.165) is 38.2 Å². The molecule has 1 amide bonds. The van der Waals surface area contributed by atoms with Gasteiger partial charge in [-0.3, -0.25) is 9.78 Å². The van der Waals surface area contributed by atoms with E-state index in [1.807, 2.05) is 13.0 Å². The number of nitrogens with zero attached hydrogens (tertiary/aromatic N) is 2. The molecule has 18 heavy (non-hydrogen) atoms. The third-order valence-electron chi connectivity index (χ3n) is 3.14. The fourth-order valence-electron chi connectivity index (χ4n) is 2.30. The zero-order chi connectivity index (χ0) is 13.0. The highest BCUT2D eigenvalue weighted by atomic mass is 16.5. The molecule has 1 aromatic rings. The monoisotopic (exact) mass is 249 g/mol. The van der Waals surface area contributed by atoms with Crippen LogP contribution in [-0.2, 0) is 4.74 Å². The van der Waals surface area contributed by atoms with Gasteiger partial charge in [0.25, 0.3) is 5.91 Å². The third kappa shape index (κ3) is 2.98. The Kier molecular flexibility index (Phi) is 4.15. The topological polar surface area (TPSA) is 68.4 Å². The lowest BCUT2D eigenvalue weighted by atomic mass is 10.1. The molecule has 1 aromatic heterocycles. The predicted molar refractivity (Wildman–Crippen MR) is 69.6 cm³/mol. The molecular formula is C13H19N3O2. The van der Waals surface area contributed by atoms with Crippen molar-refractivity contribution in [1.82, 2.24) is 4.98 Å². The number of ether oxygens (including phenoxy) is 1. The molecule has 98 valence electrons. The number of carbonyl (C=O) groups excluding carboxylic acids is 1. The van der Waals surface area contributed by atoms with Crippen LogP contribution in [0.1, 0.15) is 30.3 Å². The number of amides is 1. The van der Waals surface area contributed by atoms with Crippen LogP contribution < -0.4 is 10.6 Å². The van der Waals surface area contributed by atoms with Crippen molar-refractivity contribution >= 4 is 11.6 Å². The molecule has 2 N–H and O–H groups in total. The molecule has 2 rings (SSSR count). The van der Waals surface area contributed by atoms with E-state index in [-0.39, 0.29) is 6.10 Å². The summed E-state index contributed by atoms with van der Waals surface area (Å²) in [5.74, 6) is -0.491. The Balaban J connectivity index is 2.10. The number of pyridine rings is 1. The zero-order valence-corrected chi connectivity index (χ0v) is 10.6. The first kappa shape index (κ1) is 12.8. The van der Waals surface area contributed by atoms with E-state index in [0.29, 0.717) is 5.69 Å². The van der Waals surface area contributed by atoms with Crippen molar-refractivity contribution in [3.8, 4) is 0 Å². The molecule has 5 nitrogen and oxygen atoms in total. The quantitative estimate of drug-likeness (QED) is 0.870. The number of piperidine rings is 1. The summed E-state index contributed by atoms with van der Waals surface area (Å²) in [6.07, 6.45) is 4.09. The molecule has 5 heteroatoms. The number of hydrogen-bond acceptors (Lipinski definition) is 4. The largest absolute Gasteiger partial charge is 0.377 e. The van der Waals surface area contributed by atoms with Gasteiger partial charge in [0.05, 0.1) is 6.10 Å². The number of rotatable bonds is 4. The highest BCUT2D eigenvalue weighted by molar-refractivity contribution is 5.91. The second kappa shape index (κ2) is 5.82. The molecule has 0 saturated carbocycles. The maximum absolute atomic E-state index is 11.1. The summed E-state index contributed by atoms with van der Waals surface area (Å²) in [5.41, 5.74) is 6.54. The summed E-state index contributed by atoms with van der Waals surface area (Å²) in [4.78, 5) is 17.3. The molecule has 0 spiro atoms. The van der Waals surface area contributed by atoms with Crippen LogP contribution in [0.15, 0.2) is 18.3 Å². The average Bonchev–Trinajstić information content (AvgIpc) is 2.39. The van der Waals surface area contributed by atoms with Crippen LogP contribution in [0, 0.1) is 0 Å². The SMILES string of the molecule is CCOC1CCCN(c2ccnc(C(N)=O)c2)C1. The first-order valence-corrected chi connectivity index (χ1v) is 6.33. The van der Waals surface area contributed by atoms with Gasteiger partial charge in [0.1, 0.15) is 5.69 Å². The first-order valence-electron chi connectivity index (χ1n) is 6.33. The van der Waals surface area contributed by atoms with Crippen LogP contribution >= 0.6 is 0 Å². The molecule has 1 aliphatic heterocycles. The van der Waals surface area contributed by atoms with Gasteiger partial charge in [-0.1, -0.05) is 0 Å². The minimum Gasteiger partial charge on any atom is -0.377 e. The maximum atomic E-state index is 11.1. The Morgan fingerprint density at radius 1 is 1.67 bits per heavy atom. The van der Waals surface area contributed by atoms with Gasteiger partial charge < -0.3 is 15.4 Å². The minimum absolute atomic E-state index is 0.272. The maximum Gasteiger partial charge on any atom is 0.267 e. The molecular weight excluding hydrogens is 230 g/mol. The number of nitrogens with two attached hydrogens (primary N) is 1. The number of carbonyl (C=O) groups is 1. The van der Waals surface area contributed by atoms with Crippen LogP contribution in [-0.4, -0.2) is 36.7 Å². The van der Waals surface area contributed by atoms with Crippen molar-refractivity contribution in [3.63, 3.8) is 0 Å². The Bertz CT molecular complexity index is 420. The van der Waals surface area contributed by atoms with Gasteiger partial charge in [-0.25, -0.2) is 0 Å². The summed E-state index contributed by atoms with van der Waals surface area (Å²) < 4.78 is 5.66. The van der Waals surface area contributed by atoms with Crippen LogP contribution in [0.3, 0.4) is 0 Å². The van der Waals surface area contributed by atoms with E-state index in [1.165, 1.54) is 0 Å². The van der Waals surface area contributed by atoms with Crippen molar-refractivity contribution in [1.29, 1.82) is 0 Å². The van der Waals surface area contributed by atoms with Gasteiger partial charge in [0.2, 0.25) is 0 Å². The summed E-state index contributed by atoms with van der Waals surface area (Å²) in [5, 5.41) is 0. The molecule has 1 fully saturated rings. The third-order valence-corrected chi connectivity index (χ3v) is 3.14. The number of anilines is 1. The molecule has 1 aliphatic rings. The standard InChI is InChI=1S/C13H19N3O2/c1-2-18-11-4-3-7-16(9-11)10-5-6-15-12(8-10)13(14)17/h5-6,8,11H,2-4,7,9H2,1H3,(H2,14,17). The van der Waals surface area contributed by atoms with E-state index in [2.05, 4.69) is 9.88 Å². The fraction of sp³-hybridized carbons (Fsp3) is 0.538. The van der Waals surface area contributed by atoms with E-state index >= 15 is 0 Å². The Morgan fingerprint density at radius 3 is 3.22 bits per heavy atom. The van der Waals surface area contributed by atoms with Gasteiger partial charge >= 0.3 is 0 Å². The van der Waals surface area contributed by atoms with Crippen molar-refractivity contribution in [2.45, 2.75) is 25.9 Å². The summed E-state index contributed by atoms with van der Waals surface area (Å²) >= 11 is 0. The van der Waals surface area contributed by atoms with Gasteiger partial charge in [-0.2, -0.15) is 0 Å². The second-order valence-corrected chi connectivity index (χ2v) is 4.43.